The van der Waals surface area contributed by atoms with Crippen LogP contribution in [0.25, 0.3) is 21.0 Å². The van der Waals surface area contributed by atoms with Crippen LogP contribution in [0.15, 0.2) is 59.6 Å². The number of thiazole rings is 1. The minimum Gasteiger partial charge on any atom is -0.222 e. The van der Waals surface area contributed by atoms with Gasteiger partial charge in [0, 0.05) is 18.7 Å². The molecule has 140 valence electrons. The molecule has 0 spiro atoms. The Bertz CT molecular complexity index is 1020. The monoisotopic (exact) mass is 398 g/mol. The lowest BCUT2D eigenvalue weighted by Gasteiger charge is -2.25. The predicted octanol–water partition coefficient (Wildman–Crippen LogP) is 4.96. The molecule has 0 atom stereocenters. The first kappa shape index (κ1) is 18.3. The van der Waals surface area contributed by atoms with E-state index in [1.807, 2.05) is 61.5 Å². The van der Waals surface area contributed by atoms with Gasteiger partial charge in [-0.2, -0.15) is 4.31 Å². The number of benzene rings is 2. The Balaban J connectivity index is 1.85. The van der Waals surface area contributed by atoms with Crippen LogP contribution >= 0.6 is 11.3 Å². The lowest BCUT2D eigenvalue weighted by molar-refractivity contribution is 0.346. The third-order valence-electron chi connectivity index (χ3n) is 4.83. The van der Waals surface area contributed by atoms with Gasteiger partial charge in [-0.25, -0.2) is 13.4 Å². The molecule has 0 N–H and O–H groups in total. The average Bonchev–Trinajstić information content (AvgIpc) is 3.16. The fourth-order valence-corrected chi connectivity index (χ4v) is 6.31. The lowest BCUT2D eigenvalue weighted by atomic mass is 10.2. The summed E-state index contributed by atoms with van der Waals surface area (Å²) in [4.78, 5) is 5.34. The number of piperidine rings is 1. The summed E-state index contributed by atoms with van der Waals surface area (Å²) < 4.78 is 28.3. The number of aromatic nitrogens is 1. The van der Waals surface area contributed by atoms with Crippen LogP contribution in [0.1, 0.15) is 24.8 Å². The molecule has 0 saturated carbocycles. The van der Waals surface area contributed by atoms with Gasteiger partial charge in [-0.3, -0.25) is 0 Å². The van der Waals surface area contributed by atoms with Gasteiger partial charge in [0.1, 0.15) is 5.01 Å². The maximum Gasteiger partial charge on any atom is 0.262 e. The zero-order valence-corrected chi connectivity index (χ0v) is 16.9. The van der Waals surface area contributed by atoms with Gasteiger partial charge in [0.2, 0.25) is 0 Å². The first-order valence-electron chi connectivity index (χ1n) is 9.19. The Morgan fingerprint density at radius 1 is 0.889 bits per heavy atom. The molecule has 2 aromatic carbocycles. The summed E-state index contributed by atoms with van der Waals surface area (Å²) in [5, 5.41) is 0.931. The Morgan fingerprint density at radius 3 is 2.22 bits per heavy atom. The van der Waals surface area contributed by atoms with E-state index in [2.05, 4.69) is 4.98 Å². The van der Waals surface area contributed by atoms with Gasteiger partial charge in [-0.05, 0) is 25.3 Å². The zero-order chi connectivity index (χ0) is 18.9. The molecular weight excluding hydrogens is 376 g/mol. The van der Waals surface area contributed by atoms with Crippen molar-refractivity contribution in [3.05, 3.63) is 60.2 Å². The molecule has 0 amide bonds. The predicted molar refractivity (Wildman–Crippen MR) is 110 cm³/mol. The molecule has 6 heteroatoms. The lowest BCUT2D eigenvalue weighted by Crippen LogP contribution is -2.36. The zero-order valence-electron chi connectivity index (χ0n) is 15.3. The van der Waals surface area contributed by atoms with E-state index in [-0.39, 0.29) is 5.03 Å². The van der Waals surface area contributed by atoms with Crippen molar-refractivity contribution in [2.24, 2.45) is 0 Å². The molecule has 3 aromatic rings. The van der Waals surface area contributed by atoms with E-state index in [0.29, 0.717) is 13.1 Å². The Morgan fingerprint density at radius 2 is 1.56 bits per heavy atom. The van der Waals surface area contributed by atoms with Gasteiger partial charge < -0.3 is 0 Å². The number of rotatable bonds is 4. The van der Waals surface area contributed by atoms with Crippen molar-refractivity contribution in [3.8, 4) is 21.0 Å². The highest BCUT2D eigenvalue weighted by Crippen LogP contribution is 2.39. The van der Waals surface area contributed by atoms with Crippen LogP contribution in [-0.2, 0) is 10.0 Å². The first-order valence-corrected chi connectivity index (χ1v) is 11.4. The van der Waals surface area contributed by atoms with Crippen molar-refractivity contribution in [2.75, 3.05) is 13.1 Å². The van der Waals surface area contributed by atoms with Crippen LogP contribution in [0.5, 0.6) is 0 Å². The number of hydrogen-bond acceptors (Lipinski definition) is 4. The van der Waals surface area contributed by atoms with Gasteiger partial charge in [0.15, 0.2) is 5.03 Å². The largest absolute Gasteiger partial charge is 0.262 e. The van der Waals surface area contributed by atoms with Crippen molar-refractivity contribution < 1.29 is 8.42 Å². The van der Waals surface area contributed by atoms with Gasteiger partial charge in [0.05, 0.1) is 4.88 Å². The van der Waals surface area contributed by atoms with E-state index < -0.39 is 10.0 Å². The molecule has 1 saturated heterocycles. The van der Waals surface area contributed by atoms with Crippen LogP contribution < -0.4 is 0 Å². The second-order valence-corrected chi connectivity index (χ2v) is 9.70. The third kappa shape index (κ3) is 3.70. The molecule has 2 heterocycles. The average molecular weight is 399 g/mol. The van der Waals surface area contributed by atoms with Crippen molar-refractivity contribution in [1.82, 2.24) is 9.29 Å². The fourth-order valence-electron chi connectivity index (χ4n) is 3.30. The van der Waals surface area contributed by atoms with E-state index in [0.717, 1.165) is 40.3 Å². The maximum absolute atomic E-state index is 13.4. The van der Waals surface area contributed by atoms with E-state index in [1.54, 1.807) is 4.31 Å². The molecule has 1 aliphatic heterocycles. The molecule has 1 aliphatic rings. The highest BCUT2D eigenvalue weighted by atomic mass is 32.2. The van der Waals surface area contributed by atoms with Crippen LogP contribution in [-0.4, -0.2) is 30.8 Å². The standard InChI is InChI=1S/C21H22N2O2S2/c1-16-10-12-18(13-11-16)20-22-21(19(26-20)17-8-4-2-5-9-17)27(24,25)23-14-6-3-7-15-23/h2,4-5,8-13H,3,6-7,14-15H2,1H3. The molecular formula is C21H22N2O2S2. The summed E-state index contributed by atoms with van der Waals surface area (Å²) in [5.41, 5.74) is 3.01. The summed E-state index contributed by atoms with van der Waals surface area (Å²) >= 11 is 1.45. The highest BCUT2D eigenvalue weighted by Gasteiger charge is 2.32. The highest BCUT2D eigenvalue weighted by molar-refractivity contribution is 7.89. The van der Waals surface area contributed by atoms with Crippen LogP contribution in [0.2, 0.25) is 0 Å². The van der Waals surface area contributed by atoms with Crippen LogP contribution in [0, 0.1) is 6.92 Å². The minimum absolute atomic E-state index is 0.191. The van der Waals surface area contributed by atoms with Gasteiger partial charge in [-0.15, -0.1) is 11.3 Å². The molecule has 0 unspecified atom stereocenters. The summed E-state index contributed by atoms with van der Waals surface area (Å²) in [5.74, 6) is 0. The molecule has 0 bridgehead atoms. The van der Waals surface area contributed by atoms with Gasteiger partial charge in [-0.1, -0.05) is 66.6 Å². The van der Waals surface area contributed by atoms with Crippen LogP contribution in [0.4, 0.5) is 0 Å². The Hall–Kier alpha value is -2.02. The van der Waals surface area contributed by atoms with Crippen molar-refractivity contribution >= 4 is 21.4 Å². The number of hydrogen-bond donors (Lipinski definition) is 0. The molecule has 4 nitrogen and oxygen atoms in total. The Kier molecular flexibility index (Phi) is 5.12. The van der Waals surface area contributed by atoms with Crippen molar-refractivity contribution in [3.63, 3.8) is 0 Å². The maximum atomic E-state index is 13.4. The minimum atomic E-state index is -3.60. The summed E-state index contributed by atoms with van der Waals surface area (Å²) in [6, 6.07) is 17.7. The summed E-state index contributed by atoms with van der Waals surface area (Å²) in [7, 11) is -3.60. The molecule has 4 rings (SSSR count). The molecule has 1 fully saturated rings. The first-order chi connectivity index (χ1) is 13.1. The summed E-state index contributed by atoms with van der Waals surface area (Å²) in [6.07, 6.45) is 2.91. The second kappa shape index (κ2) is 7.54. The molecule has 1 aromatic heterocycles. The number of aryl methyl sites for hydroxylation is 1. The van der Waals surface area contributed by atoms with E-state index in [9.17, 15) is 8.42 Å². The number of sulfonamides is 1. The van der Waals surface area contributed by atoms with E-state index in [1.165, 1.54) is 16.9 Å². The van der Waals surface area contributed by atoms with Gasteiger partial charge in [0.25, 0.3) is 10.0 Å². The number of nitrogens with zero attached hydrogens (tertiary/aromatic N) is 2. The smallest absolute Gasteiger partial charge is 0.222 e. The summed E-state index contributed by atoms with van der Waals surface area (Å²) in [6.45, 7) is 3.19. The molecule has 27 heavy (non-hydrogen) atoms. The van der Waals surface area contributed by atoms with Crippen molar-refractivity contribution in [1.29, 1.82) is 0 Å². The second-order valence-electron chi connectivity index (χ2n) is 6.85. The third-order valence-corrected chi connectivity index (χ3v) is 7.94. The SMILES string of the molecule is Cc1ccc(-c2nc(S(=O)(=O)N3CCCCC3)c(-c3ccccc3)s2)cc1. The van der Waals surface area contributed by atoms with Crippen molar-refractivity contribution in [2.45, 2.75) is 31.2 Å². The molecule has 0 radical (unpaired) electrons. The quantitative estimate of drug-likeness (QED) is 0.624. The van der Waals surface area contributed by atoms with Crippen LogP contribution in [0.3, 0.4) is 0 Å². The Labute approximate surface area is 164 Å². The topological polar surface area (TPSA) is 50.3 Å². The van der Waals surface area contributed by atoms with Gasteiger partial charge >= 0.3 is 0 Å². The molecule has 0 aliphatic carbocycles. The van der Waals surface area contributed by atoms with E-state index in [4.69, 9.17) is 0 Å². The normalized spacial score (nSPS) is 15.7. The fraction of sp³-hybridized carbons (Fsp3) is 0.286. The van der Waals surface area contributed by atoms with E-state index >= 15 is 0 Å².